The van der Waals surface area contributed by atoms with E-state index in [0.29, 0.717) is 29.5 Å². The van der Waals surface area contributed by atoms with E-state index in [1.165, 1.54) is 0 Å². The molecule has 1 heterocycles. The predicted molar refractivity (Wildman–Crippen MR) is 79.7 cm³/mol. The number of amides is 1. The molecule has 0 bridgehead atoms. The van der Waals surface area contributed by atoms with Crippen LogP contribution in [0.3, 0.4) is 0 Å². The number of carbonyl (C=O) groups is 1. The lowest BCUT2D eigenvalue weighted by molar-refractivity contribution is 0.0948. The standard InChI is InChI=1S/C14H17ClN4O/c15-11-5-3-10(4-6-11)12-9-13(19-18-12)14(20)17-8-2-1-7-16/h3-6,9H,1-2,7-8,16H2,(H,17,20)(H,18,19). The smallest absolute Gasteiger partial charge is 0.269 e. The zero-order valence-corrected chi connectivity index (χ0v) is 11.8. The van der Waals surface area contributed by atoms with Crippen LogP contribution in [-0.2, 0) is 0 Å². The molecule has 20 heavy (non-hydrogen) atoms. The highest BCUT2D eigenvalue weighted by molar-refractivity contribution is 6.30. The van der Waals surface area contributed by atoms with Crippen molar-refractivity contribution in [1.29, 1.82) is 0 Å². The topological polar surface area (TPSA) is 83.8 Å². The normalized spacial score (nSPS) is 10.5. The number of H-pyrrole nitrogens is 1. The largest absolute Gasteiger partial charge is 0.351 e. The maximum atomic E-state index is 11.9. The van der Waals surface area contributed by atoms with Crippen LogP contribution in [-0.4, -0.2) is 29.2 Å². The molecule has 0 atom stereocenters. The first-order valence-corrected chi connectivity index (χ1v) is 6.88. The van der Waals surface area contributed by atoms with E-state index in [1.807, 2.05) is 12.1 Å². The van der Waals surface area contributed by atoms with Crippen molar-refractivity contribution in [2.24, 2.45) is 5.73 Å². The molecule has 106 valence electrons. The lowest BCUT2D eigenvalue weighted by Gasteiger charge is -2.01. The van der Waals surface area contributed by atoms with Gasteiger partial charge < -0.3 is 11.1 Å². The highest BCUT2D eigenvalue weighted by Gasteiger charge is 2.10. The minimum Gasteiger partial charge on any atom is -0.351 e. The molecular formula is C14H17ClN4O. The van der Waals surface area contributed by atoms with Crippen molar-refractivity contribution >= 4 is 17.5 Å². The van der Waals surface area contributed by atoms with Gasteiger partial charge >= 0.3 is 0 Å². The van der Waals surface area contributed by atoms with Crippen LogP contribution in [0.5, 0.6) is 0 Å². The number of aromatic nitrogens is 2. The molecule has 1 amide bonds. The Morgan fingerprint density at radius 2 is 2.05 bits per heavy atom. The van der Waals surface area contributed by atoms with Crippen molar-refractivity contribution in [2.75, 3.05) is 13.1 Å². The fourth-order valence-electron chi connectivity index (χ4n) is 1.77. The van der Waals surface area contributed by atoms with Gasteiger partial charge in [0.1, 0.15) is 5.69 Å². The van der Waals surface area contributed by atoms with Crippen molar-refractivity contribution < 1.29 is 4.79 Å². The molecule has 0 saturated carbocycles. The van der Waals surface area contributed by atoms with E-state index in [4.69, 9.17) is 17.3 Å². The summed E-state index contributed by atoms with van der Waals surface area (Å²) in [5.41, 5.74) is 7.47. The Morgan fingerprint density at radius 1 is 1.30 bits per heavy atom. The van der Waals surface area contributed by atoms with E-state index >= 15 is 0 Å². The molecule has 2 rings (SSSR count). The van der Waals surface area contributed by atoms with Gasteiger partial charge in [-0.25, -0.2) is 0 Å². The Balaban J connectivity index is 1.98. The van der Waals surface area contributed by atoms with Crippen molar-refractivity contribution in [2.45, 2.75) is 12.8 Å². The fourth-order valence-corrected chi connectivity index (χ4v) is 1.90. The van der Waals surface area contributed by atoms with Crippen molar-refractivity contribution in [3.8, 4) is 11.3 Å². The highest BCUT2D eigenvalue weighted by atomic mass is 35.5. The molecule has 0 saturated heterocycles. The molecule has 6 heteroatoms. The van der Waals surface area contributed by atoms with Gasteiger partial charge in [0.2, 0.25) is 0 Å². The van der Waals surface area contributed by atoms with E-state index in [0.717, 1.165) is 18.4 Å². The summed E-state index contributed by atoms with van der Waals surface area (Å²) >= 11 is 5.84. The van der Waals surface area contributed by atoms with Gasteiger partial charge in [0.05, 0.1) is 5.69 Å². The van der Waals surface area contributed by atoms with Crippen molar-refractivity contribution in [1.82, 2.24) is 15.5 Å². The van der Waals surface area contributed by atoms with Gasteiger partial charge in [-0.05, 0) is 37.6 Å². The summed E-state index contributed by atoms with van der Waals surface area (Å²) < 4.78 is 0. The van der Waals surface area contributed by atoms with Crippen LogP contribution in [0.25, 0.3) is 11.3 Å². The van der Waals surface area contributed by atoms with E-state index < -0.39 is 0 Å². The third-order valence-electron chi connectivity index (χ3n) is 2.88. The number of hydrogen-bond donors (Lipinski definition) is 3. The second kappa shape index (κ2) is 7.07. The number of nitrogens with one attached hydrogen (secondary N) is 2. The molecular weight excluding hydrogens is 276 g/mol. The minimum atomic E-state index is -0.158. The summed E-state index contributed by atoms with van der Waals surface area (Å²) in [5.74, 6) is -0.158. The van der Waals surface area contributed by atoms with Gasteiger partial charge in [0.15, 0.2) is 0 Å². The molecule has 4 N–H and O–H groups in total. The summed E-state index contributed by atoms with van der Waals surface area (Å²) in [7, 11) is 0. The molecule has 0 radical (unpaired) electrons. The Bertz CT molecular complexity index is 565. The Labute approximate surface area is 122 Å². The van der Waals surface area contributed by atoms with Crippen LogP contribution in [0, 0.1) is 0 Å². The lowest BCUT2D eigenvalue weighted by Crippen LogP contribution is -2.25. The van der Waals surface area contributed by atoms with Gasteiger partial charge in [0.25, 0.3) is 5.91 Å². The predicted octanol–water partition coefficient (Wildman–Crippen LogP) is 2.20. The van der Waals surface area contributed by atoms with E-state index in [2.05, 4.69) is 15.5 Å². The zero-order chi connectivity index (χ0) is 14.4. The number of halogens is 1. The maximum absolute atomic E-state index is 11.9. The Morgan fingerprint density at radius 3 is 2.75 bits per heavy atom. The van der Waals surface area contributed by atoms with Crippen molar-refractivity contribution in [3.05, 3.63) is 41.0 Å². The molecule has 1 aromatic heterocycles. The number of unbranched alkanes of at least 4 members (excludes halogenated alkanes) is 1. The average molecular weight is 293 g/mol. The molecule has 1 aromatic carbocycles. The molecule has 0 aliphatic heterocycles. The first-order chi connectivity index (χ1) is 9.70. The second-order valence-corrected chi connectivity index (χ2v) is 4.86. The Hall–Kier alpha value is -1.85. The van der Waals surface area contributed by atoms with E-state index in [1.54, 1.807) is 18.2 Å². The number of benzene rings is 1. The summed E-state index contributed by atoms with van der Waals surface area (Å²) in [6.07, 6.45) is 1.78. The fraction of sp³-hybridized carbons (Fsp3) is 0.286. The van der Waals surface area contributed by atoms with Gasteiger partial charge in [-0.1, -0.05) is 23.7 Å². The number of carbonyl (C=O) groups excluding carboxylic acids is 1. The van der Waals surface area contributed by atoms with Crippen LogP contribution < -0.4 is 11.1 Å². The van der Waals surface area contributed by atoms with Crippen LogP contribution in [0.2, 0.25) is 5.02 Å². The molecule has 0 unspecified atom stereocenters. The second-order valence-electron chi connectivity index (χ2n) is 4.43. The maximum Gasteiger partial charge on any atom is 0.269 e. The molecule has 2 aromatic rings. The average Bonchev–Trinajstić information content (AvgIpc) is 2.94. The quantitative estimate of drug-likeness (QED) is 0.714. The molecule has 0 spiro atoms. The number of hydrogen-bond acceptors (Lipinski definition) is 3. The number of rotatable bonds is 6. The van der Waals surface area contributed by atoms with Gasteiger partial charge in [0, 0.05) is 17.1 Å². The summed E-state index contributed by atoms with van der Waals surface area (Å²) in [6.45, 7) is 1.26. The van der Waals surface area contributed by atoms with Gasteiger partial charge in [-0.15, -0.1) is 0 Å². The highest BCUT2D eigenvalue weighted by Crippen LogP contribution is 2.20. The SMILES string of the molecule is NCCCCNC(=O)c1cc(-c2ccc(Cl)cc2)n[nH]1. The summed E-state index contributed by atoms with van der Waals surface area (Å²) in [4.78, 5) is 11.9. The van der Waals surface area contributed by atoms with E-state index in [9.17, 15) is 4.79 Å². The molecule has 0 aliphatic rings. The lowest BCUT2D eigenvalue weighted by atomic mass is 10.1. The first-order valence-electron chi connectivity index (χ1n) is 6.50. The van der Waals surface area contributed by atoms with Crippen LogP contribution in [0.1, 0.15) is 23.3 Å². The summed E-state index contributed by atoms with van der Waals surface area (Å²) in [5, 5.41) is 10.4. The van der Waals surface area contributed by atoms with Gasteiger partial charge in [-0.3, -0.25) is 9.89 Å². The minimum absolute atomic E-state index is 0.158. The van der Waals surface area contributed by atoms with Crippen LogP contribution in [0.4, 0.5) is 0 Å². The first kappa shape index (κ1) is 14.6. The number of nitrogens with zero attached hydrogens (tertiary/aromatic N) is 1. The van der Waals surface area contributed by atoms with Crippen LogP contribution >= 0.6 is 11.6 Å². The van der Waals surface area contributed by atoms with Gasteiger partial charge in [-0.2, -0.15) is 5.10 Å². The molecule has 5 nitrogen and oxygen atoms in total. The van der Waals surface area contributed by atoms with Crippen molar-refractivity contribution in [3.63, 3.8) is 0 Å². The number of nitrogens with two attached hydrogens (primary N) is 1. The third-order valence-corrected chi connectivity index (χ3v) is 3.13. The molecule has 0 aliphatic carbocycles. The molecule has 0 fully saturated rings. The van der Waals surface area contributed by atoms with E-state index in [-0.39, 0.29) is 5.91 Å². The third kappa shape index (κ3) is 3.82. The Kier molecular flexibility index (Phi) is 5.15. The zero-order valence-electron chi connectivity index (χ0n) is 11.0. The number of aromatic amines is 1. The van der Waals surface area contributed by atoms with Crippen LogP contribution in [0.15, 0.2) is 30.3 Å². The monoisotopic (exact) mass is 292 g/mol. The summed E-state index contributed by atoms with van der Waals surface area (Å²) in [6, 6.07) is 9.03.